The largest absolute Gasteiger partial charge is 0.490 e. The van der Waals surface area contributed by atoms with Crippen LogP contribution in [0.1, 0.15) is 124 Å². The first-order chi connectivity index (χ1) is 32.6. The van der Waals surface area contributed by atoms with E-state index in [-0.39, 0.29) is 64.1 Å². The number of carbonyl (C=O) groups excluding carboxylic acids is 1. The molecule has 0 bridgehead atoms. The summed E-state index contributed by atoms with van der Waals surface area (Å²) in [4.78, 5) is 37.7. The molecule has 10 rings (SSSR count). The van der Waals surface area contributed by atoms with Crippen LogP contribution in [-0.2, 0) is 16.4 Å². The Morgan fingerprint density at radius 1 is 1.07 bits per heavy atom. The molecule has 3 aliphatic heterocycles. The highest BCUT2D eigenvalue weighted by atomic mass is 32.2. The van der Waals surface area contributed by atoms with E-state index in [1.807, 2.05) is 4.90 Å². The third-order valence-electron chi connectivity index (χ3n) is 15.5. The van der Waals surface area contributed by atoms with E-state index in [1.54, 1.807) is 25.3 Å². The number of nitrogens with one attached hydrogen (secondary N) is 3. The summed E-state index contributed by atoms with van der Waals surface area (Å²) < 4.78 is 59.2. The lowest BCUT2D eigenvalue weighted by atomic mass is 9.59. The van der Waals surface area contributed by atoms with E-state index in [0.717, 1.165) is 56.2 Å². The van der Waals surface area contributed by atoms with Crippen LogP contribution in [0.3, 0.4) is 0 Å². The third-order valence-corrected chi connectivity index (χ3v) is 16.9. The monoisotopic (exact) mass is 949 g/mol. The first-order valence-corrected chi connectivity index (χ1v) is 25.6. The number of nitro benzene ring substituents is 1. The van der Waals surface area contributed by atoms with Crippen LogP contribution >= 0.6 is 0 Å². The molecule has 4 N–H and O–H groups in total. The number of rotatable bonds is 13. The summed E-state index contributed by atoms with van der Waals surface area (Å²) in [6.07, 6.45) is 12.2. The van der Waals surface area contributed by atoms with Gasteiger partial charge in [0.25, 0.3) is 21.6 Å². The Bertz CT molecular complexity index is 2860. The number of carbonyl (C=O) groups is 1. The molecule has 5 aromatic rings. The second-order valence-corrected chi connectivity index (χ2v) is 22.1. The molecule has 360 valence electrons. The number of amides is 1. The highest BCUT2D eigenvalue weighted by Gasteiger charge is 2.50. The van der Waals surface area contributed by atoms with Gasteiger partial charge in [-0.15, -0.1) is 0 Å². The number of fused-ring (bicyclic) bond motifs is 2. The van der Waals surface area contributed by atoms with Gasteiger partial charge in [0.05, 0.1) is 34.6 Å². The number of aromatic nitrogens is 2. The first-order valence-electron chi connectivity index (χ1n) is 24.1. The van der Waals surface area contributed by atoms with Gasteiger partial charge in [-0.25, -0.2) is 22.5 Å². The number of anilines is 2. The highest BCUT2D eigenvalue weighted by Crippen LogP contribution is 2.55. The quantitative estimate of drug-likeness (QED) is 0.0647. The fourth-order valence-corrected chi connectivity index (χ4v) is 13.0. The number of hydrogen-bond donors (Lipinski definition) is 4. The lowest BCUT2D eigenvalue weighted by molar-refractivity contribution is -0.384. The number of nitrogens with zero attached hydrogens (tertiary/aromatic N) is 4. The minimum atomic E-state index is -4.80. The zero-order valence-corrected chi connectivity index (χ0v) is 39.7. The molecule has 2 saturated carbocycles. The number of hydrogen-bond acceptors (Lipinski definition) is 12. The predicted octanol–water partition coefficient (Wildman–Crippen LogP) is 9.52. The number of ether oxygens (including phenoxy) is 2. The number of sulfonamides is 1. The van der Waals surface area contributed by atoms with Crippen molar-refractivity contribution in [3.05, 3.63) is 105 Å². The van der Waals surface area contributed by atoms with Crippen LogP contribution < -0.4 is 24.4 Å². The molecule has 2 aliphatic carbocycles. The topological polar surface area (TPSA) is 192 Å². The van der Waals surface area contributed by atoms with Crippen LogP contribution in [0, 0.1) is 27.3 Å². The minimum Gasteiger partial charge on any atom is -0.490 e. The molecule has 2 aromatic heterocycles. The van der Waals surface area contributed by atoms with Crippen LogP contribution in [0.25, 0.3) is 11.0 Å². The zero-order valence-electron chi connectivity index (χ0n) is 38.9. The maximum absolute atomic E-state index is 16.5. The predicted molar refractivity (Wildman–Crippen MR) is 257 cm³/mol. The normalized spacial score (nSPS) is 22.8. The van der Waals surface area contributed by atoms with Gasteiger partial charge in [0.2, 0.25) is 0 Å². The maximum atomic E-state index is 16.5. The van der Waals surface area contributed by atoms with Gasteiger partial charge in [-0.3, -0.25) is 19.8 Å². The van der Waals surface area contributed by atoms with Crippen molar-refractivity contribution in [2.75, 3.05) is 43.0 Å². The number of pyridine rings is 1. The summed E-state index contributed by atoms with van der Waals surface area (Å²) in [6.45, 7) is 9.04. The average Bonchev–Trinajstić information content (AvgIpc) is 4.10. The Kier molecular flexibility index (Phi) is 12.1. The Morgan fingerprint density at radius 3 is 2.59 bits per heavy atom. The number of H-pyrrole nitrogens is 1. The molecule has 0 unspecified atom stereocenters. The fourth-order valence-electron chi connectivity index (χ4n) is 11.7. The van der Waals surface area contributed by atoms with Crippen molar-refractivity contribution in [3.63, 3.8) is 0 Å². The number of benzene rings is 3. The van der Waals surface area contributed by atoms with Crippen LogP contribution in [0.2, 0.25) is 0 Å². The van der Waals surface area contributed by atoms with Crippen molar-refractivity contribution in [3.8, 4) is 17.2 Å². The van der Waals surface area contributed by atoms with Crippen molar-refractivity contribution in [2.45, 2.75) is 120 Å². The molecule has 68 heavy (non-hydrogen) atoms. The number of piperidine rings is 1. The number of likely N-dealkylation sites (tertiary alicyclic amines) is 1. The molecule has 1 spiro atoms. The molecule has 15 nitrogen and oxygen atoms in total. The highest BCUT2D eigenvalue weighted by molar-refractivity contribution is 7.90. The molecule has 0 radical (unpaired) electrons. The van der Waals surface area contributed by atoms with Gasteiger partial charge < -0.3 is 29.8 Å². The molecule has 4 fully saturated rings. The van der Waals surface area contributed by atoms with E-state index in [0.29, 0.717) is 69.0 Å². The van der Waals surface area contributed by atoms with E-state index in [1.165, 1.54) is 29.8 Å². The average molecular weight is 950 g/mol. The number of aromatic amines is 1. The zero-order chi connectivity index (χ0) is 47.5. The Balaban J connectivity index is 0.883. The fraction of sp³-hybridized carbons (Fsp3) is 0.490. The standard InChI is InChI=1S/C51H60FN7O8S/c1-31(2)36-7-4-5-8-37(36)41-9-6-19-58(41)34-27-51(28-34)16-20-57(21-17-51)42-25-44(67-35-23-33-12-18-53-48(33)55-30-35)39(24-40(42)52)49(60)56-68(64,65)45-26-43(59(62)63)46(47-38(45)13-22-66-47)54-29-32-10-14-50(3,61)15-11-32/h4-5,7-8,12,18,23-26,30-32,34,41,54,61H,6,9-11,13-17,19-22,27-29H2,1-3H3,(H,53,55)(H,56,60)/t32-,41-,50-/m0/s1. The van der Waals surface area contributed by atoms with Crippen LogP contribution in [-0.4, -0.2) is 83.7 Å². The lowest BCUT2D eigenvalue weighted by Gasteiger charge is -2.56. The van der Waals surface area contributed by atoms with Crippen molar-refractivity contribution in [1.29, 1.82) is 0 Å². The van der Waals surface area contributed by atoms with Crippen LogP contribution in [0.5, 0.6) is 17.2 Å². The van der Waals surface area contributed by atoms with Gasteiger partial charge in [0.15, 0.2) is 11.4 Å². The molecular weight excluding hydrogens is 890 g/mol. The van der Waals surface area contributed by atoms with E-state index in [4.69, 9.17) is 9.47 Å². The third kappa shape index (κ3) is 8.88. The van der Waals surface area contributed by atoms with Crippen LogP contribution in [0.15, 0.2) is 71.9 Å². The number of halogens is 1. The molecule has 5 heterocycles. The molecule has 1 atom stereocenters. The van der Waals surface area contributed by atoms with Crippen molar-refractivity contribution in [1.82, 2.24) is 19.6 Å². The van der Waals surface area contributed by atoms with E-state index in [9.17, 15) is 28.4 Å². The van der Waals surface area contributed by atoms with Gasteiger partial charge in [0, 0.05) is 67.4 Å². The van der Waals surface area contributed by atoms with Crippen molar-refractivity contribution >= 4 is 44.0 Å². The second-order valence-electron chi connectivity index (χ2n) is 20.4. The molecule has 17 heteroatoms. The van der Waals surface area contributed by atoms with Gasteiger partial charge in [-0.1, -0.05) is 38.1 Å². The Labute approximate surface area is 396 Å². The van der Waals surface area contributed by atoms with E-state index in [2.05, 4.69) is 63.0 Å². The van der Waals surface area contributed by atoms with Gasteiger partial charge in [0.1, 0.15) is 27.9 Å². The molecule has 3 aromatic carbocycles. The molecule has 2 saturated heterocycles. The summed E-state index contributed by atoms with van der Waals surface area (Å²) in [6, 6.07) is 16.7. The van der Waals surface area contributed by atoms with E-state index < -0.39 is 42.9 Å². The molecule has 1 amide bonds. The van der Waals surface area contributed by atoms with Crippen LogP contribution in [0.4, 0.5) is 21.5 Å². The van der Waals surface area contributed by atoms with Gasteiger partial charge in [-0.05, 0) is 124 Å². The maximum Gasteiger partial charge on any atom is 0.297 e. The lowest BCUT2D eigenvalue weighted by Crippen LogP contribution is -2.55. The Hall–Kier alpha value is -5.78. The summed E-state index contributed by atoms with van der Waals surface area (Å²) >= 11 is 0. The molecule has 5 aliphatic rings. The first kappa shape index (κ1) is 46.0. The summed E-state index contributed by atoms with van der Waals surface area (Å²) in [5.74, 6) is -1.11. The Morgan fingerprint density at radius 2 is 1.84 bits per heavy atom. The summed E-state index contributed by atoms with van der Waals surface area (Å²) in [5, 5.41) is 26.8. The number of aliphatic hydroxyl groups is 1. The van der Waals surface area contributed by atoms with Gasteiger partial charge >= 0.3 is 0 Å². The van der Waals surface area contributed by atoms with Crippen molar-refractivity contribution in [2.24, 2.45) is 11.3 Å². The second kappa shape index (κ2) is 17.9. The SMILES string of the molecule is CC(C)c1ccccc1[C@@H]1CCCN1C1CC2(CCN(c3cc(Oc4cnc5[nH]ccc5c4)c(C(=O)NS(=O)(=O)c4cc([N+](=O)[O-])c(NC[C@H]5CC[C@](C)(O)CC5)c5c4CCO5)cc3F)CC2)C1. The summed E-state index contributed by atoms with van der Waals surface area (Å²) in [5.41, 5.74) is 2.48. The summed E-state index contributed by atoms with van der Waals surface area (Å²) in [7, 11) is -4.80. The smallest absolute Gasteiger partial charge is 0.297 e. The molecular formula is C51H60FN7O8S. The van der Waals surface area contributed by atoms with E-state index >= 15 is 4.39 Å². The minimum absolute atomic E-state index is 0.0373. The van der Waals surface area contributed by atoms with Gasteiger partial charge in [-0.2, -0.15) is 0 Å². The van der Waals surface area contributed by atoms with Crippen molar-refractivity contribution < 1.29 is 37.1 Å². The number of nitro groups is 1.